The lowest BCUT2D eigenvalue weighted by molar-refractivity contribution is -0.143. The fourth-order valence-corrected chi connectivity index (χ4v) is 1.96. The number of carboxylic acids is 1. The average molecular weight is 323 g/mol. The number of rotatable bonds is 5. The molecule has 0 saturated carbocycles. The van der Waals surface area contributed by atoms with E-state index in [0.717, 1.165) is 0 Å². The standard InChI is InChI=1S/C15H15ClN2O4/c1-3-15(2,14(20)21)17-13(19)12-8-11(18-22-12)9-5-4-6-10(16)7-9/h4-8H,3H2,1-2H3,(H,17,19)(H,20,21). The van der Waals surface area contributed by atoms with Crippen molar-refractivity contribution in [1.82, 2.24) is 10.5 Å². The first kappa shape index (κ1) is 16.0. The Bertz CT molecular complexity index is 713. The second-order valence-corrected chi connectivity index (χ2v) is 5.47. The van der Waals surface area contributed by atoms with E-state index in [4.69, 9.17) is 21.2 Å². The molecule has 1 aromatic carbocycles. The van der Waals surface area contributed by atoms with Gasteiger partial charge in [0.15, 0.2) is 0 Å². The number of hydrogen-bond acceptors (Lipinski definition) is 4. The van der Waals surface area contributed by atoms with Crippen LogP contribution in [0.15, 0.2) is 34.9 Å². The van der Waals surface area contributed by atoms with Gasteiger partial charge in [0.05, 0.1) is 0 Å². The lowest BCUT2D eigenvalue weighted by atomic mass is 9.99. The van der Waals surface area contributed by atoms with Crippen molar-refractivity contribution in [2.45, 2.75) is 25.8 Å². The number of carboxylic acid groups (broad SMARTS) is 1. The Kier molecular flexibility index (Phi) is 4.51. The van der Waals surface area contributed by atoms with Crippen molar-refractivity contribution in [2.75, 3.05) is 0 Å². The third-order valence-corrected chi connectivity index (χ3v) is 3.66. The highest BCUT2D eigenvalue weighted by atomic mass is 35.5. The molecule has 1 heterocycles. The van der Waals surface area contributed by atoms with Gasteiger partial charge in [-0.3, -0.25) is 4.79 Å². The van der Waals surface area contributed by atoms with Crippen LogP contribution in [0, 0.1) is 0 Å². The zero-order chi connectivity index (χ0) is 16.3. The molecule has 7 heteroatoms. The molecule has 0 radical (unpaired) electrons. The van der Waals surface area contributed by atoms with Gasteiger partial charge in [0.1, 0.15) is 11.2 Å². The summed E-state index contributed by atoms with van der Waals surface area (Å²) in [5.74, 6) is -1.80. The summed E-state index contributed by atoms with van der Waals surface area (Å²) in [6.07, 6.45) is 0.239. The fraction of sp³-hybridized carbons (Fsp3) is 0.267. The van der Waals surface area contributed by atoms with Crippen molar-refractivity contribution in [2.24, 2.45) is 0 Å². The van der Waals surface area contributed by atoms with Crippen molar-refractivity contribution < 1.29 is 19.2 Å². The van der Waals surface area contributed by atoms with Gasteiger partial charge in [0.25, 0.3) is 5.91 Å². The molecule has 0 bridgehead atoms. The van der Waals surface area contributed by atoms with E-state index in [1.54, 1.807) is 31.2 Å². The van der Waals surface area contributed by atoms with Crippen LogP contribution in [0.1, 0.15) is 30.8 Å². The van der Waals surface area contributed by atoms with Crippen LogP contribution < -0.4 is 5.32 Å². The third kappa shape index (κ3) is 3.28. The lowest BCUT2D eigenvalue weighted by Gasteiger charge is -2.23. The number of nitrogens with one attached hydrogen (secondary N) is 1. The summed E-state index contributed by atoms with van der Waals surface area (Å²) in [7, 11) is 0. The number of aromatic nitrogens is 1. The molecule has 2 rings (SSSR count). The van der Waals surface area contributed by atoms with Gasteiger partial charge in [-0.25, -0.2) is 4.79 Å². The largest absolute Gasteiger partial charge is 0.480 e. The molecule has 22 heavy (non-hydrogen) atoms. The molecule has 0 aliphatic heterocycles. The Balaban J connectivity index is 2.21. The molecule has 1 aromatic heterocycles. The first-order valence-electron chi connectivity index (χ1n) is 6.64. The summed E-state index contributed by atoms with van der Waals surface area (Å²) in [4.78, 5) is 23.3. The van der Waals surface area contributed by atoms with E-state index in [2.05, 4.69) is 10.5 Å². The number of hydrogen-bond donors (Lipinski definition) is 2. The van der Waals surface area contributed by atoms with E-state index >= 15 is 0 Å². The molecule has 0 fully saturated rings. The van der Waals surface area contributed by atoms with Crippen LogP contribution in [0.2, 0.25) is 5.02 Å². The monoisotopic (exact) mass is 322 g/mol. The first-order valence-corrected chi connectivity index (χ1v) is 7.02. The van der Waals surface area contributed by atoms with Crippen LogP contribution in [-0.4, -0.2) is 27.7 Å². The Morgan fingerprint density at radius 3 is 2.73 bits per heavy atom. The predicted octanol–water partition coefficient (Wildman–Crippen LogP) is 2.98. The van der Waals surface area contributed by atoms with Gasteiger partial charge in [-0.1, -0.05) is 35.8 Å². The van der Waals surface area contributed by atoms with Crippen LogP contribution in [-0.2, 0) is 4.79 Å². The smallest absolute Gasteiger partial charge is 0.329 e. The van der Waals surface area contributed by atoms with Gasteiger partial charge >= 0.3 is 5.97 Å². The normalized spacial score (nSPS) is 13.4. The van der Waals surface area contributed by atoms with Crippen molar-refractivity contribution in [3.8, 4) is 11.3 Å². The van der Waals surface area contributed by atoms with E-state index < -0.39 is 17.4 Å². The molecule has 116 valence electrons. The summed E-state index contributed by atoms with van der Waals surface area (Å²) in [6, 6.07) is 8.38. The molecule has 2 N–H and O–H groups in total. The molecule has 6 nitrogen and oxygen atoms in total. The number of halogens is 1. The average Bonchev–Trinajstić information content (AvgIpc) is 2.97. The van der Waals surface area contributed by atoms with Crippen molar-refractivity contribution in [1.29, 1.82) is 0 Å². The maximum absolute atomic E-state index is 12.1. The zero-order valence-electron chi connectivity index (χ0n) is 12.1. The van der Waals surface area contributed by atoms with E-state index in [1.807, 2.05) is 0 Å². The second-order valence-electron chi connectivity index (χ2n) is 5.03. The Labute approximate surface area is 132 Å². The molecular formula is C15H15ClN2O4. The Hall–Kier alpha value is -2.34. The molecular weight excluding hydrogens is 308 g/mol. The van der Waals surface area contributed by atoms with Gasteiger partial charge in [-0.05, 0) is 25.5 Å². The van der Waals surface area contributed by atoms with Gasteiger partial charge in [-0.15, -0.1) is 0 Å². The topological polar surface area (TPSA) is 92.4 Å². The summed E-state index contributed by atoms with van der Waals surface area (Å²) in [5.41, 5.74) is -0.215. The zero-order valence-corrected chi connectivity index (χ0v) is 12.8. The van der Waals surface area contributed by atoms with E-state index in [1.165, 1.54) is 13.0 Å². The Morgan fingerprint density at radius 1 is 1.41 bits per heavy atom. The lowest BCUT2D eigenvalue weighted by Crippen LogP contribution is -2.51. The molecule has 0 aliphatic rings. The summed E-state index contributed by atoms with van der Waals surface area (Å²) >= 11 is 5.90. The number of carbonyl (C=O) groups excluding carboxylic acids is 1. The summed E-state index contributed by atoms with van der Waals surface area (Å²) < 4.78 is 4.99. The van der Waals surface area contributed by atoms with E-state index in [-0.39, 0.29) is 12.2 Å². The van der Waals surface area contributed by atoms with E-state index in [9.17, 15) is 9.59 Å². The molecule has 0 spiro atoms. The fourth-order valence-electron chi connectivity index (χ4n) is 1.77. The minimum Gasteiger partial charge on any atom is -0.480 e. The van der Waals surface area contributed by atoms with Gasteiger partial charge in [-0.2, -0.15) is 0 Å². The van der Waals surface area contributed by atoms with Crippen LogP contribution in [0.4, 0.5) is 0 Å². The summed E-state index contributed by atoms with van der Waals surface area (Å²) in [6.45, 7) is 3.10. The molecule has 1 amide bonds. The highest BCUT2D eigenvalue weighted by molar-refractivity contribution is 6.30. The second kappa shape index (κ2) is 6.19. The van der Waals surface area contributed by atoms with Gasteiger partial charge in [0.2, 0.25) is 5.76 Å². The minimum absolute atomic E-state index is 0.0594. The van der Waals surface area contributed by atoms with Crippen molar-refractivity contribution in [3.63, 3.8) is 0 Å². The van der Waals surface area contributed by atoms with Gasteiger partial charge < -0.3 is 14.9 Å². The van der Waals surface area contributed by atoms with Crippen LogP contribution >= 0.6 is 11.6 Å². The SMILES string of the molecule is CCC(C)(NC(=O)c1cc(-c2cccc(Cl)c2)no1)C(=O)O. The highest BCUT2D eigenvalue weighted by Crippen LogP contribution is 2.22. The molecule has 1 unspecified atom stereocenters. The van der Waals surface area contributed by atoms with Crippen LogP contribution in [0.3, 0.4) is 0 Å². The quantitative estimate of drug-likeness (QED) is 0.882. The van der Waals surface area contributed by atoms with E-state index in [0.29, 0.717) is 16.3 Å². The third-order valence-electron chi connectivity index (χ3n) is 3.42. The number of benzene rings is 1. The number of nitrogens with zero attached hydrogens (tertiary/aromatic N) is 1. The first-order chi connectivity index (χ1) is 10.4. The van der Waals surface area contributed by atoms with Crippen LogP contribution in [0.5, 0.6) is 0 Å². The number of amides is 1. The summed E-state index contributed by atoms with van der Waals surface area (Å²) in [5, 5.41) is 15.9. The maximum atomic E-state index is 12.1. The maximum Gasteiger partial charge on any atom is 0.329 e. The van der Waals surface area contributed by atoms with Crippen molar-refractivity contribution in [3.05, 3.63) is 41.1 Å². The predicted molar refractivity (Wildman–Crippen MR) is 80.7 cm³/mol. The Morgan fingerprint density at radius 2 is 2.14 bits per heavy atom. The number of aliphatic carboxylic acids is 1. The van der Waals surface area contributed by atoms with Crippen LogP contribution in [0.25, 0.3) is 11.3 Å². The van der Waals surface area contributed by atoms with Gasteiger partial charge in [0, 0.05) is 16.7 Å². The van der Waals surface area contributed by atoms with Crippen molar-refractivity contribution >= 4 is 23.5 Å². The molecule has 1 atom stereocenters. The highest BCUT2D eigenvalue weighted by Gasteiger charge is 2.34. The minimum atomic E-state index is -1.36. The number of carbonyl (C=O) groups is 2. The molecule has 0 saturated heterocycles. The molecule has 0 aliphatic carbocycles. The molecule has 2 aromatic rings.